The molecular formula is C15H21ClN2O3. The standard InChI is InChI=1S/C15H21ClN2O3/c1-11(15(20)18-6-8-21-9-7-18)17-10-14(19)12-4-2-3-5-13(12)16/h2-5,11,14,17,19H,6-10H2,1H3. The van der Waals surface area contributed by atoms with Gasteiger partial charge in [0, 0.05) is 30.2 Å². The minimum Gasteiger partial charge on any atom is -0.387 e. The number of ether oxygens (including phenoxy) is 1. The number of hydrogen-bond acceptors (Lipinski definition) is 4. The topological polar surface area (TPSA) is 61.8 Å². The molecule has 1 saturated heterocycles. The Labute approximate surface area is 129 Å². The lowest BCUT2D eigenvalue weighted by atomic mass is 10.1. The average Bonchev–Trinajstić information content (AvgIpc) is 2.52. The summed E-state index contributed by atoms with van der Waals surface area (Å²) in [6, 6.07) is 6.81. The number of nitrogens with zero attached hydrogens (tertiary/aromatic N) is 1. The van der Waals surface area contributed by atoms with Crippen molar-refractivity contribution >= 4 is 17.5 Å². The Morgan fingerprint density at radius 2 is 2.10 bits per heavy atom. The quantitative estimate of drug-likeness (QED) is 0.858. The van der Waals surface area contributed by atoms with Crippen molar-refractivity contribution in [3.8, 4) is 0 Å². The van der Waals surface area contributed by atoms with Crippen molar-refractivity contribution in [1.29, 1.82) is 0 Å². The summed E-state index contributed by atoms with van der Waals surface area (Å²) in [7, 11) is 0. The Morgan fingerprint density at radius 1 is 1.43 bits per heavy atom. The highest BCUT2D eigenvalue weighted by molar-refractivity contribution is 6.31. The van der Waals surface area contributed by atoms with Gasteiger partial charge in [-0.05, 0) is 13.0 Å². The zero-order chi connectivity index (χ0) is 15.2. The van der Waals surface area contributed by atoms with Gasteiger partial charge in [-0.15, -0.1) is 0 Å². The molecule has 1 aliphatic heterocycles. The van der Waals surface area contributed by atoms with Crippen LogP contribution >= 0.6 is 11.6 Å². The first kappa shape index (κ1) is 16.2. The Hall–Kier alpha value is -1.14. The van der Waals surface area contributed by atoms with Crippen molar-refractivity contribution in [1.82, 2.24) is 10.2 Å². The van der Waals surface area contributed by atoms with Gasteiger partial charge in [-0.3, -0.25) is 4.79 Å². The lowest BCUT2D eigenvalue weighted by Crippen LogP contribution is -2.49. The van der Waals surface area contributed by atoms with Crippen molar-refractivity contribution in [2.75, 3.05) is 32.8 Å². The highest BCUT2D eigenvalue weighted by atomic mass is 35.5. The van der Waals surface area contributed by atoms with Crippen LogP contribution in [0.1, 0.15) is 18.6 Å². The van der Waals surface area contributed by atoms with Crippen LogP contribution in [0.15, 0.2) is 24.3 Å². The van der Waals surface area contributed by atoms with E-state index in [-0.39, 0.29) is 18.5 Å². The van der Waals surface area contributed by atoms with Gasteiger partial charge in [-0.25, -0.2) is 0 Å². The molecule has 1 heterocycles. The van der Waals surface area contributed by atoms with E-state index in [1.165, 1.54) is 0 Å². The van der Waals surface area contributed by atoms with Gasteiger partial charge in [0.25, 0.3) is 0 Å². The van der Waals surface area contributed by atoms with Crippen LogP contribution < -0.4 is 5.32 Å². The number of morpholine rings is 1. The summed E-state index contributed by atoms with van der Waals surface area (Å²) >= 11 is 6.04. The van der Waals surface area contributed by atoms with Gasteiger partial charge in [0.15, 0.2) is 0 Å². The molecule has 1 fully saturated rings. The molecule has 0 radical (unpaired) electrons. The van der Waals surface area contributed by atoms with Gasteiger partial charge in [-0.2, -0.15) is 0 Å². The second-order valence-corrected chi connectivity index (χ2v) is 5.51. The third kappa shape index (κ3) is 4.41. The van der Waals surface area contributed by atoms with E-state index < -0.39 is 6.10 Å². The summed E-state index contributed by atoms with van der Waals surface area (Å²) in [5, 5.41) is 13.7. The van der Waals surface area contributed by atoms with Gasteiger partial charge in [-0.1, -0.05) is 29.8 Å². The van der Waals surface area contributed by atoms with E-state index in [0.717, 1.165) is 0 Å². The van der Waals surface area contributed by atoms with Crippen molar-refractivity contribution in [3.63, 3.8) is 0 Å². The monoisotopic (exact) mass is 312 g/mol. The molecule has 1 aliphatic rings. The molecule has 0 aromatic heterocycles. The van der Waals surface area contributed by atoms with E-state index >= 15 is 0 Å². The fourth-order valence-corrected chi connectivity index (χ4v) is 2.55. The molecule has 1 amide bonds. The van der Waals surface area contributed by atoms with Crippen LogP contribution in [-0.4, -0.2) is 54.8 Å². The lowest BCUT2D eigenvalue weighted by Gasteiger charge is -2.29. The van der Waals surface area contributed by atoms with Gasteiger partial charge < -0.3 is 20.1 Å². The molecule has 5 nitrogen and oxygen atoms in total. The van der Waals surface area contributed by atoms with Crippen molar-refractivity contribution in [2.45, 2.75) is 19.1 Å². The van der Waals surface area contributed by atoms with E-state index in [0.29, 0.717) is 36.9 Å². The minimum atomic E-state index is -0.737. The number of rotatable bonds is 5. The third-order valence-corrected chi connectivity index (χ3v) is 3.92. The molecular weight excluding hydrogens is 292 g/mol. The molecule has 116 valence electrons. The zero-order valence-electron chi connectivity index (χ0n) is 12.1. The first-order valence-electron chi connectivity index (χ1n) is 7.12. The summed E-state index contributed by atoms with van der Waals surface area (Å²) in [5.74, 6) is 0.0321. The molecule has 21 heavy (non-hydrogen) atoms. The molecule has 0 saturated carbocycles. The number of carbonyl (C=O) groups is 1. The van der Waals surface area contributed by atoms with Crippen molar-refractivity contribution in [3.05, 3.63) is 34.9 Å². The van der Waals surface area contributed by atoms with Crippen LogP contribution in [0.4, 0.5) is 0 Å². The van der Waals surface area contributed by atoms with Crippen LogP contribution in [0.2, 0.25) is 5.02 Å². The largest absolute Gasteiger partial charge is 0.387 e. The first-order valence-corrected chi connectivity index (χ1v) is 7.50. The predicted molar refractivity (Wildman–Crippen MR) is 81.3 cm³/mol. The van der Waals surface area contributed by atoms with Crippen LogP contribution in [-0.2, 0) is 9.53 Å². The Kier molecular flexibility index (Phi) is 5.99. The number of carbonyl (C=O) groups excluding carboxylic acids is 1. The molecule has 1 aromatic carbocycles. The van der Waals surface area contributed by atoms with E-state index in [2.05, 4.69) is 5.32 Å². The molecule has 2 N–H and O–H groups in total. The Bertz CT molecular complexity index is 478. The van der Waals surface area contributed by atoms with Crippen LogP contribution in [0.25, 0.3) is 0 Å². The first-order chi connectivity index (χ1) is 10.1. The molecule has 0 spiro atoms. The Balaban J connectivity index is 1.84. The van der Waals surface area contributed by atoms with Crippen molar-refractivity contribution in [2.24, 2.45) is 0 Å². The van der Waals surface area contributed by atoms with E-state index in [1.807, 2.05) is 12.1 Å². The summed E-state index contributed by atoms with van der Waals surface area (Å²) in [6.45, 7) is 4.50. The van der Waals surface area contributed by atoms with Crippen LogP contribution in [0.5, 0.6) is 0 Å². The second kappa shape index (κ2) is 7.75. The third-order valence-electron chi connectivity index (χ3n) is 3.57. The van der Waals surface area contributed by atoms with Crippen LogP contribution in [0, 0.1) is 0 Å². The highest BCUT2D eigenvalue weighted by Gasteiger charge is 2.23. The fourth-order valence-electron chi connectivity index (χ4n) is 2.29. The smallest absolute Gasteiger partial charge is 0.239 e. The molecule has 0 bridgehead atoms. The maximum Gasteiger partial charge on any atom is 0.239 e. The maximum atomic E-state index is 12.2. The summed E-state index contributed by atoms with van der Waals surface area (Å²) < 4.78 is 5.23. The summed E-state index contributed by atoms with van der Waals surface area (Å²) in [4.78, 5) is 14.0. The normalized spacial score (nSPS) is 18.3. The van der Waals surface area contributed by atoms with Gasteiger partial charge in [0.05, 0.1) is 25.4 Å². The number of aliphatic hydroxyl groups is 1. The predicted octanol–water partition coefficient (Wildman–Crippen LogP) is 1.21. The van der Waals surface area contributed by atoms with E-state index in [9.17, 15) is 9.90 Å². The summed E-state index contributed by atoms with van der Waals surface area (Å²) in [5.41, 5.74) is 0.665. The maximum absolute atomic E-state index is 12.2. The SMILES string of the molecule is CC(NCC(O)c1ccccc1Cl)C(=O)N1CCOCC1. The lowest BCUT2D eigenvalue weighted by molar-refractivity contribution is -0.137. The molecule has 6 heteroatoms. The second-order valence-electron chi connectivity index (χ2n) is 5.10. The zero-order valence-corrected chi connectivity index (χ0v) is 12.8. The van der Waals surface area contributed by atoms with E-state index in [1.54, 1.807) is 24.0 Å². The number of hydrogen-bond donors (Lipinski definition) is 2. The highest BCUT2D eigenvalue weighted by Crippen LogP contribution is 2.21. The summed E-state index contributed by atoms with van der Waals surface area (Å²) in [6.07, 6.45) is -0.737. The number of benzene rings is 1. The molecule has 2 rings (SSSR count). The Morgan fingerprint density at radius 3 is 2.76 bits per heavy atom. The number of aliphatic hydroxyl groups excluding tert-OH is 1. The number of amides is 1. The molecule has 2 unspecified atom stereocenters. The van der Waals surface area contributed by atoms with Crippen molar-refractivity contribution < 1.29 is 14.6 Å². The van der Waals surface area contributed by atoms with Gasteiger partial charge in [0.1, 0.15) is 0 Å². The number of halogens is 1. The van der Waals surface area contributed by atoms with E-state index in [4.69, 9.17) is 16.3 Å². The molecule has 1 aromatic rings. The number of nitrogens with one attached hydrogen (secondary N) is 1. The minimum absolute atomic E-state index is 0.0321. The molecule has 0 aliphatic carbocycles. The fraction of sp³-hybridized carbons (Fsp3) is 0.533. The van der Waals surface area contributed by atoms with Gasteiger partial charge >= 0.3 is 0 Å². The van der Waals surface area contributed by atoms with Gasteiger partial charge in [0.2, 0.25) is 5.91 Å². The average molecular weight is 313 g/mol. The molecule has 2 atom stereocenters. The van der Waals surface area contributed by atoms with Crippen LogP contribution in [0.3, 0.4) is 0 Å².